The van der Waals surface area contributed by atoms with Crippen molar-refractivity contribution in [1.29, 1.82) is 0 Å². The molecule has 3 aromatic rings. The second-order valence-corrected chi connectivity index (χ2v) is 5.01. The van der Waals surface area contributed by atoms with Gasteiger partial charge in [-0.05, 0) is 29.8 Å². The lowest BCUT2D eigenvalue weighted by Crippen LogP contribution is -2.04. The highest BCUT2D eigenvalue weighted by Crippen LogP contribution is 2.23. The van der Waals surface area contributed by atoms with Crippen molar-refractivity contribution in [2.45, 2.75) is 6.54 Å². The van der Waals surface area contributed by atoms with Crippen molar-refractivity contribution >= 4 is 28.5 Å². The predicted octanol–water partition coefficient (Wildman–Crippen LogP) is 3.58. The maximum absolute atomic E-state index is 13.9. The van der Waals surface area contributed by atoms with Gasteiger partial charge in [-0.3, -0.25) is 4.68 Å². The van der Waals surface area contributed by atoms with Crippen LogP contribution in [0, 0.1) is 5.82 Å². The van der Waals surface area contributed by atoms with E-state index < -0.39 is 11.8 Å². The van der Waals surface area contributed by atoms with Crippen LogP contribution in [0.1, 0.15) is 16.1 Å². The maximum atomic E-state index is 13.9. The number of hydrogen-bond acceptors (Lipinski definition) is 2. The first-order valence-electron chi connectivity index (χ1n) is 6.19. The molecule has 0 aliphatic heterocycles. The SMILES string of the molecule is O=C(O)c1nn(Cc2ccc(Cl)cc2)c2cccc(F)c12. The fourth-order valence-corrected chi connectivity index (χ4v) is 2.35. The summed E-state index contributed by atoms with van der Waals surface area (Å²) in [5.41, 5.74) is 1.06. The third-order valence-corrected chi connectivity index (χ3v) is 3.43. The molecule has 3 rings (SSSR count). The topological polar surface area (TPSA) is 55.1 Å². The second-order valence-electron chi connectivity index (χ2n) is 4.57. The van der Waals surface area contributed by atoms with Gasteiger partial charge >= 0.3 is 5.97 Å². The highest BCUT2D eigenvalue weighted by atomic mass is 35.5. The minimum Gasteiger partial charge on any atom is -0.476 e. The number of nitrogens with zero attached hydrogens (tertiary/aromatic N) is 2. The number of carboxylic acid groups (broad SMARTS) is 1. The number of halogens is 2. The summed E-state index contributed by atoms with van der Waals surface area (Å²) in [7, 11) is 0. The lowest BCUT2D eigenvalue weighted by molar-refractivity contribution is 0.0691. The van der Waals surface area contributed by atoms with Crippen molar-refractivity contribution in [1.82, 2.24) is 9.78 Å². The molecule has 0 aliphatic rings. The molecule has 0 unspecified atom stereocenters. The number of hydrogen-bond donors (Lipinski definition) is 1. The molecule has 106 valence electrons. The Morgan fingerprint density at radius 3 is 2.62 bits per heavy atom. The highest BCUT2D eigenvalue weighted by molar-refractivity contribution is 6.30. The Bertz CT molecular complexity index is 828. The molecule has 4 nitrogen and oxygen atoms in total. The van der Waals surface area contributed by atoms with Crippen LogP contribution in [0.4, 0.5) is 4.39 Å². The summed E-state index contributed by atoms with van der Waals surface area (Å²) in [6.07, 6.45) is 0. The third kappa shape index (κ3) is 2.48. The Morgan fingerprint density at radius 2 is 1.95 bits per heavy atom. The van der Waals surface area contributed by atoms with Gasteiger partial charge in [0.15, 0.2) is 5.69 Å². The van der Waals surface area contributed by atoms with Crippen LogP contribution in [0.5, 0.6) is 0 Å². The molecular formula is C15H10ClFN2O2. The van der Waals surface area contributed by atoms with Crippen LogP contribution >= 0.6 is 11.6 Å². The Morgan fingerprint density at radius 1 is 1.24 bits per heavy atom. The Labute approximate surface area is 124 Å². The highest BCUT2D eigenvalue weighted by Gasteiger charge is 2.19. The van der Waals surface area contributed by atoms with Gasteiger partial charge in [-0.15, -0.1) is 0 Å². The zero-order valence-electron chi connectivity index (χ0n) is 10.8. The molecule has 6 heteroatoms. The zero-order chi connectivity index (χ0) is 15.0. The molecule has 0 saturated heterocycles. The molecule has 0 atom stereocenters. The molecule has 0 amide bonds. The molecule has 0 aliphatic carbocycles. The first-order chi connectivity index (χ1) is 10.1. The number of aromatic nitrogens is 2. The van der Waals surface area contributed by atoms with Crippen LogP contribution in [0.25, 0.3) is 10.9 Å². The van der Waals surface area contributed by atoms with E-state index in [2.05, 4.69) is 5.10 Å². The molecule has 0 spiro atoms. The number of fused-ring (bicyclic) bond motifs is 1. The molecular weight excluding hydrogens is 295 g/mol. The first-order valence-corrected chi connectivity index (χ1v) is 6.57. The predicted molar refractivity (Wildman–Crippen MR) is 77.2 cm³/mol. The summed E-state index contributed by atoms with van der Waals surface area (Å²) in [6, 6.07) is 11.5. The van der Waals surface area contributed by atoms with Crippen molar-refractivity contribution in [3.05, 3.63) is 64.6 Å². The van der Waals surface area contributed by atoms with Crippen molar-refractivity contribution in [3.8, 4) is 0 Å². The van der Waals surface area contributed by atoms with E-state index in [1.54, 1.807) is 18.2 Å². The summed E-state index contributed by atoms with van der Waals surface area (Å²) in [4.78, 5) is 11.2. The van der Waals surface area contributed by atoms with Crippen LogP contribution in [0.3, 0.4) is 0 Å². The smallest absolute Gasteiger partial charge is 0.357 e. The maximum Gasteiger partial charge on any atom is 0.357 e. The van der Waals surface area contributed by atoms with Gasteiger partial charge < -0.3 is 5.11 Å². The Hall–Kier alpha value is -2.40. The lowest BCUT2D eigenvalue weighted by Gasteiger charge is -2.04. The van der Waals surface area contributed by atoms with E-state index in [1.807, 2.05) is 12.1 Å². The summed E-state index contributed by atoms with van der Waals surface area (Å²) < 4.78 is 15.4. The van der Waals surface area contributed by atoms with Crippen LogP contribution < -0.4 is 0 Å². The quantitative estimate of drug-likeness (QED) is 0.804. The Kier molecular flexibility index (Phi) is 3.35. The Balaban J connectivity index is 2.12. The number of carboxylic acids is 1. The number of rotatable bonds is 3. The average Bonchev–Trinajstić information content (AvgIpc) is 2.82. The van der Waals surface area contributed by atoms with Crippen LogP contribution in [-0.4, -0.2) is 20.9 Å². The van der Waals surface area contributed by atoms with Gasteiger partial charge in [-0.1, -0.05) is 29.8 Å². The van der Waals surface area contributed by atoms with E-state index in [4.69, 9.17) is 16.7 Å². The van der Waals surface area contributed by atoms with E-state index in [1.165, 1.54) is 16.8 Å². The largest absolute Gasteiger partial charge is 0.476 e. The van der Waals surface area contributed by atoms with Crippen molar-refractivity contribution in [2.75, 3.05) is 0 Å². The molecule has 1 aromatic heterocycles. The average molecular weight is 305 g/mol. The van der Waals surface area contributed by atoms with E-state index in [-0.39, 0.29) is 11.1 Å². The molecule has 1 heterocycles. The minimum atomic E-state index is -1.25. The first kappa shape index (κ1) is 13.6. The zero-order valence-corrected chi connectivity index (χ0v) is 11.5. The monoisotopic (exact) mass is 304 g/mol. The summed E-state index contributed by atoms with van der Waals surface area (Å²) in [6.45, 7) is 0.338. The van der Waals surface area contributed by atoms with E-state index in [0.717, 1.165) is 5.56 Å². The standard InChI is InChI=1S/C15H10ClFN2O2/c16-10-6-4-9(5-7-10)8-19-12-3-1-2-11(17)13(12)14(18-19)15(20)21/h1-7H,8H2,(H,20,21). The third-order valence-electron chi connectivity index (χ3n) is 3.18. The summed E-state index contributed by atoms with van der Waals surface area (Å²) in [5, 5.41) is 13.8. The number of aromatic carboxylic acids is 1. The lowest BCUT2D eigenvalue weighted by atomic mass is 10.2. The molecule has 0 bridgehead atoms. The second kappa shape index (κ2) is 5.18. The fourth-order valence-electron chi connectivity index (χ4n) is 2.22. The van der Waals surface area contributed by atoms with Gasteiger partial charge in [0.05, 0.1) is 17.4 Å². The van der Waals surface area contributed by atoms with Crippen molar-refractivity contribution in [3.63, 3.8) is 0 Å². The van der Waals surface area contributed by atoms with Crippen LogP contribution in [0.2, 0.25) is 5.02 Å². The van der Waals surface area contributed by atoms with Gasteiger partial charge in [0.25, 0.3) is 0 Å². The molecule has 0 saturated carbocycles. The molecule has 1 N–H and O–H groups in total. The minimum absolute atomic E-state index is 0.0268. The van der Waals surface area contributed by atoms with Gasteiger partial charge in [-0.25, -0.2) is 9.18 Å². The van der Waals surface area contributed by atoms with Crippen LogP contribution in [-0.2, 0) is 6.54 Å². The van der Waals surface area contributed by atoms with Gasteiger partial charge in [0.2, 0.25) is 0 Å². The van der Waals surface area contributed by atoms with Gasteiger partial charge in [0.1, 0.15) is 5.82 Å². The fraction of sp³-hybridized carbons (Fsp3) is 0.0667. The normalized spacial score (nSPS) is 11.0. The van der Waals surface area contributed by atoms with Gasteiger partial charge in [-0.2, -0.15) is 5.10 Å². The van der Waals surface area contributed by atoms with E-state index in [0.29, 0.717) is 17.1 Å². The van der Waals surface area contributed by atoms with Crippen molar-refractivity contribution < 1.29 is 14.3 Å². The molecule has 2 aromatic carbocycles. The number of benzene rings is 2. The van der Waals surface area contributed by atoms with E-state index in [9.17, 15) is 9.18 Å². The molecule has 21 heavy (non-hydrogen) atoms. The summed E-state index contributed by atoms with van der Waals surface area (Å²) >= 11 is 5.83. The van der Waals surface area contributed by atoms with Crippen LogP contribution in [0.15, 0.2) is 42.5 Å². The van der Waals surface area contributed by atoms with Gasteiger partial charge in [0, 0.05) is 5.02 Å². The molecule has 0 radical (unpaired) electrons. The summed E-state index contributed by atoms with van der Waals surface area (Å²) in [5.74, 6) is -1.84. The van der Waals surface area contributed by atoms with E-state index >= 15 is 0 Å². The van der Waals surface area contributed by atoms with Crippen molar-refractivity contribution in [2.24, 2.45) is 0 Å². The molecule has 0 fully saturated rings. The number of carbonyl (C=O) groups is 1.